The Bertz CT molecular complexity index is 1260. The highest BCUT2D eigenvalue weighted by Gasteiger charge is 2.15. The predicted octanol–water partition coefficient (Wildman–Crippen LogP) is 3.32. The lowest BCUT2D eigenvalue weighted by atomic mass is 10.2. The van der Waals surface area contributed by atoms with Gasteiger partial charge < -0.3 is 20.4 Å². The minimum absolute atomic E-state index is 0.124. The summed E-state index contributed by atoms with van der Waals surface area (Å²) in [5.41, 5.74) is 4.20. The largest absolute Gasteiger partial charge is 0.355 e. The van der Waals surface area contributed by atoms with Crippen molar-refractivity contribution in [3.8, 4) is 0 Å². The quantitative estimate of drug-likeness (QED) is 0.449. The predicted molar refractivity (Wildman–Crippen MR) is 120 cm³/mol. The standard InChI is InChI=1S/C23H22N6O2/c1-15-7-3-4-8-18(15)28-22-19(11-16(13-26-22)23(31)24-2)27-21(30)12-17-14-25-20-9-5-6-10-29(17)20/h3-11,13-14H,12H2,1-2H3,(H,24,31)(H,26,28)(H,27,30). The summed E-state index contributed by atoms with van der Waals surface area (Å²) < 4.78 is 1.87. The van der Waals surface area contributed by atoms with Gasteiger partial charge in [0.05, 0.1) is 23.4 Å². The van der Waals surface area contributed by atoms with Gasteiger partial charge in [0.25, 0.3) is 5.91 Å². The zero-order valence-corrected chi connectivity index (χ0v) is 17.2. The summed E-state index contributed by atoms with van der Waals surface area (Å²) in [7, 11) is 1.55. The van der Waals surface area contributed by atoms with E-state index in [4.69, 9.17) is 0 Å². The molecule has 31 heavy (non-hydrogen) atoms. The molecule has 0 saturated carbocycles. The normalized spacial score (nSPS) is 10.6. The Labute approximate surface area is 179 Å². The van der Waals surface area contributed by atoms with Crippen LogP contribution in [0.2, 0.25) is 0 Å². The number of hydrogen-bond donors (Lipinski definition) is 3. The lowest BCUT2D eigenvalue weighted by Gasteiger charge is -2.15. The molecule has 0 radical (unpaired) electrons. The van der Waals surface area contributed by atoms with Crippen LogP contribution in [0.3, 0.4) is 0 Å². The number of anilines is 3. The van der Waals surface area contributed by atoms with E-state index in [0.717, 1.165) is 22.6 Å². The third-order valence-electron chi connectivity index (χ3n) is 4.88. The Kier molecular flexibility index (Phi) is 5.61. The smallest absolute Gasteiger partial charge is 0.252 e. The summed E-state index contributed by atoms with van der Waals surface area (Å²) in [4.78, 5) is 33.6. The van der Waals surface area contributed by atoms with Crippen molar-refractivity contribution in [3.63, 3.8) is 0 Å². The molecule has 8 nitrogen and oxygen atoms in total. The van der Waals surface area contributed by atoms with Crippen LogP contribution >= 0.6 is 0 Å². The molecule has 0 aliphatic rings. The van der Waals surface area contributed by atoms with Gasteiger partial charge in [0.15, 0.2) is 5.82 Å². The van der Waals surface area contributed by atoms with Crippen LogP contribution in [0.25, 0.3) is 5.65 Å². The highest BCUT2D eigenvalue weighted by molar-refractivity contribution is 5.99. The number of nitrogens with zero attached hydrogens (tertiary/aromatic N) is 3. The van der Waals surface area contributed by atoms with E-state index in [1.165, 1.54) is 6.20 Å². The maximum absolute atomic E-state index is 12.8. The molecule has 4 aromatic rings. The molecule has 0 atom stereocenters. The molecule has 3 aromatic heterocycles. The number of carbonyl (C=O) groups excluding carboxylic acids is 2. The number of nitrogens with one attached hydrogen (secondary N) is 3. The van der Waals surface area contributed by atoms with Gasteiger partial charge in [0.2, 0.25) is 5.91 Å². The van der Waals surface area contributed by atoms with E-state index in [0.29, 0.717) is 17.1 Å². The van der Waals surface area contributed by atoms with Crippen molar-refractivity contribution in [1.82, 2.24) is 19.7 Å². The van der Waals surface area contributed by atoms with Crippen LogP contribution in [0.15, 0.2) is 67.1 Å². The number of rotatable bonds is 6. The third-order valence-corrected chi connectivity index (χ3v) is 4.88. The first kappa shape index (κ1) is 20.1. The van der Waals surface area contributed by atoms with Crippen LogP contribution in [0.4, 0.5) is 17.2 Å². The molecular weight excluding hydrogens is 392 g/mol. The number of hydrogen-bond acceptors (Lipinski definition) is 5. The molecule has 0 saturated heterocycles. The number of amides is 2. The second-order valence-corrected chi connectivity index (χ2v) is 7.04. The van der Waals surface area contributed by atoms with E-state index >= 15 is 0 Å². The summed E-state index contributed by atoms with van der Waals surface area (Å²) in [6.07, 6.45) is 5.14. The van der Waals surface area contributed by atoms with Gasteiger partial charge in [-0.25, -0.2) is 9.97 Å². The number of aryl methyl sites for hydroxylation is 1. The summed E-state index contributed by atoms with van der Waals surface area (Å²) >= 11 is 0. The Morgan fingerprint density at radius 2 is 1.81 bits per heavy atom. The topological polar surface area (TPSA) is 100 Å². The first-order chi connectivity index (χ1) is 15.0. The minimum Gasteiger partial charge on any atom is -0.355 e. The van der Waals surface area contributed by atoms with Crippen molar-refractivity contribution < 1.29 is 9.59 Å². The molecule has 8 heteroatoms. The first-order valence-corrected chi connectivity index (χ1v) is 9.81. The molecule has 0 aliphatic carbocycles. The summed E-state index contributed by atoms with van der Waals surface area (Å²) in [5, 5.41) is 8.70. The van der Waals surface area contributed by atoms with E-state index in [1.807, 2.05) is 60.0 Å². The van der Waals surface area contributed by atoms with Crippen LogP contribution in [-0.4, -0.2) is 33.2 Å². The number of fused-ring (bicyclic) bond motifs is 1. The number of benzene rings is 1. The lowest BCUT2D eigenvalue weighted by molar-refractivity contribution is -0.115. The number of para-hydroxylation sites is 1. The maximum Gasteiger partial charge on any atom is 0.252 e. The van der Waals surface area contributed by atoms with E-state index in [9.17, 15) is 9.59 Å². The van der Waals surface area contributed by atoms with Gasteiger partial charge in [-0.15, -0.1) is 0 Å². The zero-order valence-electron chi connectivity index (χ0n) is 17.2. The van der Waals surface area contributed by atoms with Gasteiger partial charge in [0.1, 0.15) is 5.65 Å². The molecule has 0 spiro atoms. The molecule has 4 rings (SSSR count). The van der Waals surface area contributed by atoms with E-state index in [-0.39, 0.29) is 18.2 Å². The molecule has 156 valence electrons. The third kappa shape index (κ3) is 4.37. The SMILES string of the molecule is CNC(=O)c1cnc(Nc2ccccc2C)c(NC(=O)Cc2cnc3ccccn23)c1. The van der Waals surface area contributed by atoms with E-state index in [2.05, 4.69) is 25.9 Å². The van der Waals surface area contributed by atoms with Gasteiger partial charge in [0, 0.05) is 31.3 Å². The highest BCUT2D eigenvalue weighted by Crippen LogP contribution is 2.26. The van der Waals surface area contributed by atoms with Crippen LogP contribution in [0.5, 0.6) is 0 Å². The van der Waals surface area contributed by atoms with Gasteiger partial charge in [-0.05, 0) is 36.8 Å². The van der Waals surface area contributed by atoms with Crippen molar-refractivity contribution >= 4 is 34.7 Å². The Balaban J connectivity index is 1.62. The fourth-order valence-corrected chi connectivity index (χ4v) is 3.24. The van der Waals surface area contributed by atoms with Crippen molar-refractivity contribution in [2.75, 3.05) is 17.7 Å². The molecule has 0 aliphatic heterocycles. The second-order valence-electron chi connectivity index (χ2n) is 7.04. The summed E-state index contributed by atoms with van der Waals surface area (Å²) in [6.45, 7) is 1.98. The minimum atomic E-state index is -0.285. The van der Waals surface area contributed by atoms with Crippen LogP contribution < -0.4 is 16.0 Å². The Morgan fingerprint density at radius 3 is 2.61 bits per heavy atom. The number of imidazole rings is 1. The average Bonchev–Trinajstić information content (AvgIpc) is 3.18. The van der Waals surface area contributed by atoms with Crippen molar-refractivity contribution in [2.24, 2.45) is 0 Å². The van der Waals surface area contributed by atoms with Gasteiger partial charge in [-0.3, -0.25) is 9.59 Å². The lowest BCUT2D eigenvalue weighted by Crippen LogP contribution is -2.20. The molecular formula is C23H22N6O2. The summed E-state index contributed by atoms with van der Waals surface area (Å²) in [6, 6.07) is 15.0. The molecule has 1 aromatic carbocycles. The number of carbonyl (C=O) groups is 2. The maximum atomic E-state index is 12.8. The molecule has 0 bridgehead atoms. The Hall–Kier alpha value is -4.20. The molecule has 3 heterocycles. The van der Waals surface area contributed by atoms with Gasteiger partial charge in [-0.1, -0.05) is 24.3 Å². The fraction of sp³-hybridized carbons (Fsp3) is 0.130. The monoisotopic (exact) mass is 414 g/mol. The van der Waals surface area contributed by atoms with Crippen molar-refractivity contribution in [1.29, 1.82) is 0 Å². The molecule has 0 fully saturated rings. The first-order valence-electron chi connectivity index (χ1n) is 9.81. The van der Waals surface area contributed by atoms with Crippen LogP contribution in [0, 0.1) is 6.92 Å². The second kappa shape index (κ2) is 8.66. The van der Waals surface area contributed by atoms with Gasteiger partial charge in [-0.2, -0.15) is 0 Å². The van der Waals surface area contributed by atoms with Crippen molar-refractivity contribution in [3.05, 3.63) is 83.9 Å². The Morgan fingerprint density at radius 1 is 1.00 bits per heavy atom. The van der Waals surface area contributed by atoms with Crippen LogP contribution in [0.1, 0.15) is 21.6 Å². The fourth-order valence-electron chi connectivity index (χ4n) is 3.24. The van der Waals surface area contributed by atoms with E-state index in [1.54, 1.807) is 19.3 Å². The van der Waals surface area contributed by atoms with E-state index < -0.39 is 0 Å². The highest BCUT2D eigenvalue weighted by atomic mass is 16.2. The average molecular weight is 414 g/mol. The van der Waals surface area contributed by atoms with Gasteiger partial charge >= 0.3 is 0 Å². The molecule has 0 unspecified atom stereocenters. The zero-order chi connectivity index (χ0) is 21.8. The number of pyridine rings is 2. The molecule has 2 amide bonds. The van der Waals surface area contributed by atoms with Crippen LogP contribution in [-0.2, 0) is 11.2 Å². The molecule has 3 N–H and O–H groups in total. The summed E-state index contributed by atoms with van der Waals surface area (Å²) in [5.74, 6) is -0.0741. The van der Waals surface area contributed by atoms with Crippen molar-refractivity contribution in [2.45, 2.75) is 13.3 Å². The number of aromatic nitrogens is 3.